The topological polar surface area (TPSA) is 62.2 Å². The number of amides is 1. The molecule has 2 atom stereocenters. The van der Waals surface area contributed by atoms with Crippen molar-refractivity contribution in [2.75, 3.05) is 47.0 Å². The molecule has 1 aromatic rings. The molecule has 0 saturated carbocycles. The molecular weight excluding hydrogens is 344 g/mol. The molecule has 0 unspecified atom stereocenters. The van der Waals surface area contributed by atoms with Crippen LogP contribution >= 0.6 is 0 Å². The van der Waals surface area contributed by atoms with E-state index in [-0.39, 0.29) is 18.4 Å². The molecule has 2 aliphatic rings. The van der Waals surface area contributed by atoms with Gasteiger partial charge in [0.2, 0.25) is 5.91 Å². The highest BCUT2D eigenvalue weighted by molar-refractivity contribution is 5.77. The molecular formula is C21H32N2O4. The molecule has 6 heteroatoms. The predicted molar refractivity (Wildman–Crippen MR) is 104 cm³/mol. The Morgan fingerprint density at radius 1 is 1.19 bits per heavy atom. The molecule has 2 aliphatic heterocycles. The van der Waals surface area contributed by atoms with Crippen LogP contribution in [0.5, 0.6) is 5.75 Å². The number of ether oxygens (including phenoxy) is 2. The molecule has 2 saturated heterocycles. The lowest BCUT2D eigenvalue weighted by Gasteiger charge is -2.50. The van der Waals surface area contributed by atoms with E-state index in [2.05, 4.69) is 24.8 Å². The first-order chi connectivity index (χ1) is 12.9. The van der Waals surface area contributed by atoms with Crippen LogP contribution in [0.25, 0.3) is 0 Å². The third-order valence-corrected chi connectivity index (χ3v) is 6.44. The van der Waals surface area contributed by atoms with Gasteiger partial charge in [0.1, 0.15) is 12.4 Å². The second-order valence-corrected chi connectivity index (χ2v) is 7.99. The molecule has 27 heavy (non-hydrogen) atoms. The van der Waals surface area contributed by atoms with Crippen LogP contribution < -0.4 is 4.74 Å². The predicted octanol–water partition coefficient (Wildman–Crippen LogP) is 1.74. The molecule has 1 amide bonds. The number of carbonyl (C=O) groups excluding carboxylic acids is 1. The Morgan fingerprint density at radius 3 is 2.63 bits per heavy atom. The smallest absolute Gasteiger partial charge is 0.248 e. The molecule has 1 N–H and O–H groups in total. The van der Waals surface area contributed by atoms with Crippen LogP contribution in [0.2, 0.25) is 0 Å². The minimum absolute atomic E-state index is 0.0123. The van der Waals surface area contributed by atoms with Crippen molar-refractivity contribution in [2.24, 2.45) is 5.92 Å². The summed E-state index contributed by atoms with van der Waals surface area (Å²) in [6.07, 6.45) is 1.42. The van der Waals surface area contributed by atoms with Gasteiger partial charge in [-0.25, -0.2) is 0 Å². The van der Waals surface area contributed by atoms with Crippen LogP contribution in [0.1, 0.15) is 29.5 Å². The largest absolute Gasteiger partial charge is 0.496 e. The minimum Gasteiger partial charge on any atom is -0.496 e. The Balaban J connectivity index is 1.68. The standard InChI is InChI=1S/C21H32N2O4/c1-15-16(2)19(27-4)6-5-17(15)11-22-9-7-21(25)8-10-23(13-18(21)12-22)20(24)14-26-3/h5-6,18,25H,7-14H2,1-4H3/t18-,21-/m1/s1. The number of hydrogen-bond donors (Lipinski definition) is 1. The summed E-state index contributed by atoms with van der Waals surface area (Å²) in [6, 6.07) is 4.17. The summed E-state index contributed by atoms with van der Waals surface area (Å²) in [5, 5.41) is 11.1. The fourth-order valence-electron chi connectivity index (χ4n) is 4.44. The molecule has 2 heterocycles. The fourth-order valence-corrected chi connectivity index (χ4v) is 4.44. The number of rotatable bonds is 5. The summed E-state index contributed by atoms with van der Waals surface area (Å²) in [5.41, 5.74) is 3.08. The van der Waals surface area contributed by atoms with Gasteiger partial charge in [-0.3, -0.25) is 9.69 Å². The van der Waals surface area contributed by atoms with Crippen molar-refractivity contribution in [1.82, 2.24) is 9.80 Å². The molecule has 0 bridgehead atoms. The minimum atomic E-state index is -0.648. The normalized spacial score (nSPS) is 26.0. The van der Waals surface area contributed by atoms with Crippen LogP contribution in [0, 0.1) is 19.8 Å². The van der Waals surface area contributed by atoms with E-state index in [9.17, 15) is 9.90 Å². The zero-order valence-electron chi connectivity index (χ0n) is 17.0. The zero-order chi connectivity index (χ0) is 19.6. The summed E-state index contributed by atoms with van der Waals surface area (Å²) in [5.74, 6) is 1.02. The van der Waals surface area contributed by atoms with Gasteiger partial charge >= 0.3 is 0 Å². The first kappa shape index (κ1) is 20.1. The lowest BCUT2D eigenvalue weighted by Crippen LogP contribution is -2.60. The van der Waals surface area contributed by atoms with Gasteiger partial charge in [-0.2, -0.15) is 0 Å². The Morgan fingerprint density at radius 2 is 1.93 bits per heavy atom. The van der Waals surface area contributed by atoms with Crippen molar-refractivity contribution < 1.29 is 19.4 Å². The first-order valence-electron chi connectivity index (χ1n) is 9.72. The molecule has 2 fully saturated rings. The Bertz CT molecular complexity index is 693. The average molecular weight is 376 g/mol. The number of carbonyl (C=O) groups is 1. The summed E-state index contributed by atoms with van der Waals surface area (Å²) < 4.78 is 10.4. The maximum absolute atomic E-state index is 12.2. The van der Waals surface area contributed by atoms with Crippen molar-refractivity contribution >= 4 is 5.91 Å². The zero-order valence-corrected chi connectivity index (χ0v) is 17.0. The van der Waals surface area contributed by atoms with Crippen molar-refractivity contribution in [3.63, 3.8) is 0 Å². The van der Waals surface area contributed by atoms with Crippen molar-refractivity contribution in [2.45, 2.75) is 38.8 Å². The number of hydrogen-bond acceptors (Lipinski definition) is 5. The number of fused-ring (bicyclic) bond motifs is 1. The van der Waals surface area contributed by atoms with E-state index < -0.39 is 5.60 Å². The van der Waals surface area contributed by atoms with Gasteiger partial charge in [0.05, 0.1) is 12.7 Å². The highest BCUT2D eigenvalue weighted by Crippen LogP contribution is 2.36. The molecule has 6 nitrogen and oxygen atoms in total. The van der Waals surface area contributed by atoms with Crippen LogP contribution in [0.15, 0.2) is 12.1 Å². The number of nitrogens with zero attached hydrogens (tertiary/aromatic N) is 2. The lowest BCUT2D eigenvalue weighted by atomic mass is 9.75. The number of piperidine rings is 2. The Hall–Kier alpha value is -1.63. The van der Waals surface area contributed by atoms with Crippen LogP contribution in [-0.4, -0.2) is 73.4 Å². The summed E-state index contributed by atoms with van der Waals surface area (Å²) in [6.45, 7) is 8.10. The van der Waals surface area contributed by atoms with Crippen LogP contribution in [0.3, 0.4) is 0 Å². The van der Waals surface area contributed by atoms with E-state index in [1.165, 1.54) is 16.7 Å². The monoisotopic (exact) mass is 376 g/mol. The fraction of sp³-hybridized carbons (Fsp3) is 0.667. The molecule has 0 spiro atoms. The van der Waals surface area contributed by atoms with Gasteiger partial charge in [-0.1, -0.05) is 6.07 Å². The second kappa shape index (κ2) is 8.17. The third kappa shape index (κ3) is 4.13. The van der Waals surface area contributed by atoms with Crippen molar-refractivity contribution in [3.05, 3.63) is 28.8 Å². The molecule has 0 aromatic heterocycles. The van der Waals surface area contributed by atoms with Gasteiger partial charge in [0.25, 0.3) is 0 Å². The summed E-state index contributed by atoms with van der Waals surface area (Å²) >= 11 is 0. The van der Waals surface area contributed by atoms with Gasteiger partial charge < -0.3 is 19.5 Å². The lowest BCUT2D eigenvalue weighted by molar-refractivity contribution is -0.150. The summed E-state index contributed by atoms with van der Waals surface area (Å²) in [7, 11) is 3.24. The van der Waals surface area contributed by atoms with Crippen LogP contribution in [-0.2, 0) is 16.1 Å². The molecule has 150 valence electrons. The van der Waals surface area contributed by atoms with E-state index in [0.717, 1.165) is 31.8 Å². The van der Waals surface area contributed by atoms with E-state index >= 15 is 0 Å². The van der Waals surface area contributed by atoms with Gasteiger partial charge in [0, 0.05) is 45.8 Å². The molecule has 0 aliphatic carbocycles. The maximum atomic E-state index is 12.2. The molecule has 3 rings (SSSR count). The van der Waals surface area contributed by atoms with Gasteiger partial charge in [-0.15, -0.1) is 0 Å². The first-order valence-corrected chi connectivity index (χ1v) is 9.72. The second-order valence-electron chi connectivity index (χ2n) is 7.99. The Labute approximate surface area is 162 Å². The Kier molecular flexibility index (Phi) is 6.08. The third-order valence-electron chi connectivity index (χ3n) is 6.44. The number of likely N-dealkylation sites (tertiary alicyclic amines) is 2. The van der Waals surface area contributed by atoms with Gasteiger partial charge in [-0.05, 0) is 49.4 Å². The molecule has 1 aromatic carbocycles. The van der Waals surface area contributed by atoms with Crippen molar-refractivity contribution in [1.29, 1.82) is 0 Å². The average Bonchev–Trinajstić information content (AvgIpc) is 2.65. The molecule has 0 radical (unpaired) electrons. The van der Waals surface area contributed by atoms with E-state index in [1.54, 1.807) is 14.2 Å². The van der Waals surface area contributed by atoms with Crippen LogP contribution in [0.4, 0.5) is 0 Å². The highest BCUT2D eigenvalue weighted by atomic mass is 16.5. The quantitative estimate of drug-likeness (QED) is 0.848. The summed E-state index contributed by atoms with van der Waals surface area (Å²) in [4.78, 5) is 16.4. The number of methoxy groups -OCH3 is 2. The number of aliphatic hydroxyl groups is 1. The van der Waals surface area contributed by atoms with E-state index in [1.807, 2.05) is 11.0 Å². The number of benzene rings is 1. The van der Waals surface area contributed by atoms with E-state index in [0.29, 0.717) is 19.5 Å². The SMILES string of the molecule is COCC(=O)N1CC[C@]2(O)CCN(Cc3ccc(OC)c(C)c3C)C[C@@H]2C1. The van der Waals surface area contributed by atoms with Gasteiger partial charge in [0.15, 0.2) is 0 Å². The van der Waals surface area contributed by atoms with E-state index in [4.69, 9.17) is 9.47 Å². The van der Waals surface area contributed by atoms with Crippen molar-refractivity contribution in [3.8, 4) is 5.75 Å². The highest BCUT2D eigenvalue weighted by Gasteiger charge is 2.45. The maximum Gasteiger partial charge on any atom is 0.248 e.